The van der Waals surface area contributed by atoms with Crippen LogP contribution in [0.2, 0.25) is 0 Å². The van der Waals surface area contributed by atoms with E-state index in [0.717, 1.165) is 5.92 Å². The van der Waals surface area contributed by atoms with E-state index in [0.29, 0.717) is 11.3 Å². The standard InChI is InChI=1S/C15H26O/c1-11-6-5-7-12(2)15(11)9-8-13(10-15)14(3,4)16/h6,12-13,16H,5,7-10H2,1-4H3/t12-,13?,15+/m0/s1. The Balaban J connectivity index is 2.22. The van der Waals surface area contributed by atoms with Crippen LogP contribution >= 0.6 is 0 Å². The fraction of sp³-hybridized carbons (Fsp3) is 0.867. The molecule has 2 aliphatic carbocycles. The van der Waals surface area contributed by atoms with Gasteiger partial charge < -0.3 is 5.11 Å². The third-order valence-electron chi connectivity index (χ3n) is 5.33. The molecule has 0 heterocycles. The molecule has 92 valence electrons. The zero-order valence-electron chi connectivity index (χ0n) is 11.2. The summed E-state index contributed by atoms with van der Waals surface area (Å²) in [7, 11) is 0. The van der Waals surface area contributed by atoms with Crippen molar-refractivity contribution in [2.75, 3.05) is 0 Å². The van der Waals surface area contributed by atoms with Gasteiger partial charge in [-0.1, -0.05) is 18.6 Å². The summed E-state index contributed by atoms with van der Waals surface area (Å²) in [5, 5.41) is 10.2. The Labute approximate surface area is 99.9 Å². The second kappa shape index (κ2) is 3.87. The molecule has 3 atom stereocenters. The molecular formula is C15H26O. The highest BCUT2D eigenvalue weighted by Crippen LogP contribution is 2.56. The second-order valence-electron chi connectivity index (χ2n) is 6.62. The van der Waals surface area contributed by atoms with Crippen molar-refractivity contribution in [3.63, 3.8) is 0 Å². The third-order valence-corrected chi connectivity index (χ3v) is 5.33. The van der Waals surface area contributed by atoms with Gasteiger partial charge in [-0.25, -0.2) is 0 Å². The summed E-state index contributed by atoms with van der Waals surface area (Å²) in [6.45, 7) is 8.66. The van der Waals surface area contributed by atoms with Crippen LogP contribution in [-0.4, -0.2) is 10.7 Å². The summed E-state index contributed by atoms with van der Waals surface area (Å²) < 4.78 is 0. The van der Waals surface area contributed by atoms with Gasteiger partial charge in [-0.05, 0) is 70.1 Å². The lowest BCUT2D eigenvalue weighted by atomic mass is 9.64. The molecule has 1 heteroatoms. The molecule has 0 bridgehead atoms. The van der Waals surface area contributed by atoms with Gasteiger partial charge in [0.05, 0.1) is 5.60 Å². The maximum absolute atomic E-state index is 10.2. The molecule has 1 N–H and O–H groups in total. The van der Waals surface area contributed by atoms with Gasteiger partial charge in [0.2, 0.25) is 0 Å². The Morgan fingerprint density at radius 2 is 2.06 bits per heavy atom. The van der Waals surface area contributed by atoms with E-state index in [4.69, 9.17) is 0 Å². The van der Waals surface area contributed by atoms with Crippen LogP contribution in [0.1, 0.15) is 59.8 Å². The molecule has 0 saturated heterocycles. The fourth-order valence-electron chi connectivity index (χ4n) is 3.90. The van der Waals surface area contributed by atoms with Crippen molar-refractivity contribution in [2.45, 2.75) is 65.4 Å². The van der Waals surface area contributed by atoms with Gasteiger partial charge in [-0.2, -0.15) is 0 Å². The molecule has 1 nitrogen and oxygen atoms in total. The Bertz CT molecular complexity index is 297. The Morgan fingerprint density at radius 1 is 1.38 bits per heavy atom. The van der Waals surface area contributed by atoms with Crippen molar-refractivity contribution in [1.82, 2.24) is 0 Å². The van der Waals surface area contributed by atoms with E-state index in [-0.39, 0.29) is 0 Å². The minimum atomic E-state index is -0.499. The number of hydrogen-bond acceptors (Lipinski definition) is 1. The zero-order chi connectivity index (χ0) is 12.0. The Hall–Kier alpha value is -0.300. The van der Waals surface area contributed by atoms with Crippen LogP contribution in [0, 0.1) is 17.3 Å². The first-order valence-corrected chi connectivity index (χ1v) is 6.76. The molecule has 0 radical (unpaired) electrons. The number of rotatable bonds is 1. The molecule has 1 spiro atoms. The highest BCUT2D eigenvalue weighted by atomic mass is 16.3. The largest absolute Gasteiger partial charge is 0.390 e. The van der Waals surface area contributed by atoms with Gasteiger partial charge in [0.15, 0.2) is 0 Å². The number of allylic oxidation sites excluding steroid dienone is 2. The number of aliphatic hydroxyl groups is 1. The molecule has 1 fully saturated rings. The molecule has 1 saturated carbocycles. The van der Waals surface area contributed by atoms with Crippen LogP contribution in [0.5, 0.6) is 0 Å². The van der Waals surface area contributed by atoms with Gasteiger partial charge >= 0.3 is 0 Å². The molecule has 0 amide bonds. The highest BCUT2D eigenvalue weighted by molar-refractivity contribution is 5.20. The Kier molecular flexibility index (Phi) is 2.94. The van der Waals surface area contributed by atoms with Crippen LogP contribution in [0.4, 0.5) is 0 Å². The van der Waals surface area contributed by atoms with Gasteiger partial charge in [-0.15, -0.1) is 0 Å². The first-order chi connectivity index (χ1) is 7.36. The van der Waals surface area contributed by atoms with E-state index in [1.165, 1.54) is 32.1 Å². The Morgan fingerprint density at radius 3 is 2.56 bits per heavy atom. The average Bonchev–Trinajstić information content (AvgIpc) is 2.60. The lowest BCUT2D eigenvalue weighted by Crippen LogP contribution is -2.34. The van der Waals surface area contributed by atoms with Crippen molar-refractivity contribution in [3.05, 3.63) is 11.6 Å². The summed E-state index contributed by atoms with van der Waals surface area (Å²) in [6.07, 6.45) is 8.69. The molecular weight excluding hydrogens is 196 g/mol. The second-order valence-corrected chi connectivity index (χ2v) is 6.62. The quantitative estimate of drug-likeness (QED) is 0.667. The van der Waals surface area contributed by atoms with Gasteiger partial charge in [0.25, 0.3) is 0 Å². The summed E-state index contributed by atoms with van der Waals surface area (Å²) in [4.78, 5) is 0. The SMILES string of the molecule is CC1=CCC[C@H](C)[C@@]12CCC(C(C)(C)O)C2. The topological polar surface area (TPSA) is 20.2 Å². The van der Waals surface area contributed by atoms with E-state index in [2.05, 4.69) is 19.9 Å². The third kappa shape index (κ3) is 1.84. The molecule has 1 unspecified atom stereocenters. The van der Waals surface area contributed by atoms with E-state index in [1.807, 2.05) is 13.8 Å². The highest BCUT2D eigenvalue weighted by Gasteiger charge is 2.48. The number of hydrogen-bond donors (Lipinski definition) is 1. The average molecular weight is 222 g/mol. The molecule has 0 aromatic rings. The van der Waals surface area contributed by atoms with E-state index in [9.17, 15) is 5.11 Å². The van der Waals surface area contributed by atoms with Crippen molar-refractivity contribution in [3.8, 4) is 0 Å². The van der Waals surface area contributed by atoms with Crippen molar-refractivity contribution >= 4 is 0 Å². The van der Waals surface area contributed by atoms with Gasteiger partial charge in [0, 0.05) is 0 Å². The van der Waals surface area contributed by atoms with Crippen molar-refractivity contribution < 1.29 is 5.11 Å². The summed E-state index contributed by atoms with van der Waals surface area (Å²) in [6, 6.07) is 0. The zero-order valence-corrected chi connectivity index (χ0v) is 11.2. The van der Waals surface area contributed by atoms with E-state index in [1.54, 1.807) is 5.57 Å². The molecule has 0 aromatic carbocycles. The van der Waals surface area contributed by atoms with Crippen LogP contribution in [-0.2, 0) is 0 Å². The smallest absolute Gasteiger partial charge is 0.0620 e. The predicted molar refractivity (Wildman–Crippen MR) is 68.2 cm³/mol. The minimum absolute atomic E-state index is 0.420. The predicted octanol–water partition coefficient (Wildman–Crippen LogP) is 3.92. The van der Waals surface area contributed by atoms with Crippen molar-refractivity contribution in [1.29, 1.82) is 0 Å². The maximum Gasteiger partial charge on any atom is 0.0620 e. The van der Waals surface area contributed by atoms with E-state index < -0.39 is 5.60 Å². The van der Waals surface area contributed by atoms with Crippen LogP contribution in [0.25, 0.3) is 0 Å². The molecule has 0 aromatic heterocycles. The van der Waals surface area contributed by atoms with Crippen LogP contribution < -0.4 is 0 Å². The summed E-state index contributed by atoms with van der Waals surface area (Å²) in [5.41, 5.74) is 1.52. The van der Waals surface area contributed by atoms with Crippen LogP contribution in [0.15, 0.2) is 11.6 Å². The lowest BCUT2D eigenvalue weighted by molar-refractivity contribution is 0.0128. The van der Waals surface area contributed by atoms with Gasteiger partial charge in [0.1, 0.15) is 0 Å². The minimum Gasteiger partial charge on any atom is -0.390 e. The maximum atomic E-state index is 10.2. The monoisotopic (exact) mass is 222 g/mol. The molecule has 2 rings (SSSR count). The molecule has 2 aliphatic rings. The van der Waals surface area contributed by atoms with Crippen LogP contribution in [0.3, 0.4) is 0 Å². The normalized spacial score (nSPS) is 40.2. The van der Waals surface area contributed by atoms with Gasteiger partial charge in [-0.3, -0.25) is 0 Å². The van der Waals surface area contributed by atoms with E-state index >= 15 is 0 Å². The molecule has 16 heavy (non-hydrogen) atoms. The summed E-state index contributed by atoms with van der Waals surface area (Å²) in [5.74, 6) is 1.28. The first kappa shape index (κ1) is 12.2. The molecule has 0 aliphatic heterocycles. The lowest BCUT2D eigenvalue weighted by Gasteiger charge is -2.41. The fourth-order valence-corrected chi connectivity index (χ4v) is 3.90. The summed E-state index contributed by atoms with van der Waals surface area (Å²) >= 11 is 0. The first-order valence-electron chi connectivity index (χ1n) is 6.76. The van der Waals surface area contributed by atoms with Crippen molar-refractivity contribution in [2.24, 2.45) is 17.3 Å².